The topological polar surface area (TPSA) is 132 Å². The van der Waals surface area contributed by atoms with Gasteiger partial charge >= 0.3 is 0 Å². The van der Waals surface area contributed by atoms with Crippen molar-refractivity contribution in [1.82, 2.24) is 19.3 Å². The Kier molecular flexibility index (Phi) is 5.47. The molecular formula is C22H23N7O3S. The molecule has 5 rings (SSSR count). The molecule has 2 aliphatic rings. The fraction of sp³-hybridized carbons (Fsp3) is 0.364. The zero-order valence-electron chi connectivity index (χ0n) is 17.8. The average Bonchev–Trinajstić information content (AvgIpc) is 3.59. The number of sulfonamides is 1. The maximum atomic E-state index is 12.7. The van der Waals surface area contributed by atoms with E-state index >= 15 is 0 Å². The van der Waals surface area contributed by atoms with Crippen LogP contribution in [0.2, 0.25) is 0 Å². The molecule has 11 heteroatoms. The molecule has 2 N–H and O–H groups in total. The number of nitriles is 1. The minimum Gasteiger partial charge on any atom is -0.356 e. The van der Waals surface area contributed by atoms with E-state index in [1.807, 2.05) is 24.3 Å². The fourth-order valence-electron chi connectivity index (χ4n) is 3.96. The van der Waals surface area contributed by atoms with Crippen molar-refractivity contribution in [3.63, 3.8) is 0 Å². The van der Waals surface area contributed by atoms with E-state index in [1.54, 1.807) is 4.52 Å². The second-order valence-electron chi connectivity index (χ2n) is 8.37. The number of benzene rings is 1. The number of nitrogens with zero attached hydrogens (tertiary/aromatic N) is 5. The normalized spacial score (nSPS) is 17.1. The Balaban J connectivity index is 1.25. The SMILES string of the molecule is N#Cc1ccc(S(=O)(=O)NC2CCN(c3cccc4nc(NC(=O)C5CC5)nn34)CC2)cc1. The summed E-state index contributed by atoms with van der Waals surface area (Å²) in [5.41, 5.74) is 1.06. The molecule has 0 radical (unpaired) electrons. The van der Waals surface area contributed by atoms with Crippen LogP contribution in [0.25, 0.3) is 5.65 Å². The Hall–Kier alpha value is -3.49. The Labute approximate surface area is 191 Å². The van der Waals surface area contributed by atoms with E-state index in [2.05, 4.69) is 25.0 Å². The molecule has 1 saturated carbocycles. The Morgan fingerprint density at radius 1 is 1.06 bits per heavy atom. The smallest absolute Gasteiger partial charge is 0.249 e. The number of hydrogen-bond donors (Lipinski definition) is 2. The number of pyridine rings is 1. The molecule has 3 heterocycles. The van der Waals surface area contributed by atoms with Crippen molar-refractivity contribution in [1.29, 1.82) is 5.26 Å². The second kappa shape index (κ2) is 8.46. The number of carbonyl (C=O) groups is 1. The summed E-state index contributed by atoms with van der Waals surface area (Å²) in [6.45, 7) is 1.28. The van der Waals surface area contributed by atoms with Crippen LogP contribution >= 0.6 is 0 Å². The molecule has 3 aromatic rings. The summed E-state index contributed by atoms with van der Waals surface area (Å²) >= 11 is 0. The highest BCUT2D eigenvalue weighted by atomic mass is 32.2. The van der Waals surface area contributed by atoms with Crippen LogP contribution in [0.3, 0.4) is 0 Å². The van der Waals surface area contributed by atoms with Crippen LogP contribution in [-0.2, 0) is 14.8 Å². The number of fused-ring (bicyclic) bond motifs is 1. The molecule has 2 fully saturated rings. The fourth-order valence-corrected chi connectivity index (χ4v) is 5.27. The molecule has 0 unspecified atom stereocenters. The van der Waals surface area contributed by atoms with E-state index < -0.39 is 10.0 Å². The summed E-state index contributed by atoms with van der Waals surface area (Å²) in [6.07, 6.45) is 3.08. The number of carbonyl (C=O) groups excluding carboxylic acids is 1. The second-order valence-corrected chi connectivity index (χ2v) is 10.1. The van der Waals surface area contributed by atoms with E-state index in [-0.39, 0.29) is 22.8 Å². The van der Waals surface area contributed by atoms with Gasteiger partial charge in [-0.15, -0.1) is 5.10 Å². The highest BCUT2D eigenvalue weighted by Gasteiger charge is 2.30. The largest absolute Gasteiger partial charge is 0.356 e. The van der Waals surface area contributed by atoms with Gasteiger partial charge in [-0.05, 0) is 62.1 Å². The van der Waals surface area contributed by atoms with Crippen LogP contribution in [0.1, 0.15) is 31.2 Å². The first-order valence-corrected chi connectivity index (χ1v) is 12.4. The molecule has 1 saturated heterocycles. The summed E-state index contributed by atoms with van der Waals surface area (Å²) < 4.78 is 29.9. The zero-order chi connectivity index (χ0) is 23.0. The number of anilines is 2. The van der Waals surface area contributed by atoms with E-state index in [1.165, 1.54) is 24.3 Å². The lowest BCUT2D eigenvalue weighted by atomic mass is 10.1. The first-order chi connectivity index (χ1) is 15.9. The lowest BCUT2D eigenvalue weighted by Gasteiger charge is -2.33. The molecule has 10 nitrogen and oxygen atoms in total. The van der Waals surface area contributed by atoms with Gasteiger partial charge in [-0.2, -0.15) is 14.8 Å². The van der Waals surface area contributed by atoms with Gasteiger partial charge in [0.1, 0.15) is 5.82 Å². The van der Waals surface area contributed by atoms with Crippen molar-refractivity contribution >= 4 is 33.3 Å². The van der Waals surface area contributed by atoms with E-state index in [9.17, 15) is 13.2 Å². The number of nitrogens with one attached hydrogen (secondary N) is 2. The summed E-state index contributed by atoms with van der Waals surface area (Å²) in [5.74, 6) is 1.18. The average molecular weight is 466 g/mol. The summed E-state index contributed by atoms with van der Waals surface area (Å²) in [6, 6.07) is 13.4. The van der Waals surface area contributed by atoms with Crippen molar-refractivity contribution in [2.75, 3.05) is 23.3 Å². The minimum atomic E-state index is -3.66. The number of hydrogen-bond acceptors (Lipinski definition) is 7. The van der Waals surface area contributed by atoms with Crippen LogP contribution in [-0.4, -0.2) is 48.1 Å². The molecule has 1 amide bonds. The molecule has 1 aliphatic heterocycles. The van der Waals surface area contributed by atoms with E-state index in [0.29, 0.717) is 43.1 Å². The Morgan fingerprint density at radius 3 is 2.45 bits per heavy atom. The van der Waals surface area contributed by atoms with Crippen molar-refractivity contribution in [3.05, 3.63) is 48.0 Å². The highest BCUT2D eigenvalue weighted by Crippen LogP contribution is 2.30. The maximum absolute atomic E-state index is 12.7. The molecular weight excluding hydrogens is 442 g/mol. The van der Waals surface area contributed by atoms with Gasteiger partial charge < -0.3 is 4.90 Å². The number of rotatable bonds is 6. The first kappa shape index (κ1) is 21.4. The van der Waals surface area contributed by atoms with Crippen LogP contribution < -0.4 is 14.9 Å². The zero-order valence-corrected chi connectivity index (χ0v) is 18.6. The lowest BCUT2D eigenvalue weighted by molar-refractivity contribution is -0.117. The van der Waals surface area contributed by atoms with Gasteiger partial charge in [0.15, 0.2) is 5.65 Å². The quantitative estimate of drug-likeness (QED) is 0.568. The van der Waals surface area contributed by atoms with Gasteiger partial charge in [0, 0.05) is 25.0 Å². The maximum Gasteiger partial charge on any atom is 0.249 e. The number of aromatic nitrogens is 3. The standard InChI is InChI=1S/C22H23N7O3S/c23-14-15-4-8-18(9-5-15)33(31,32)27-17-10-12-28(13-11-17)20-3-1-2-19-24-22(26-29(19)20)25-21(30)16-6-7-16/h1-5,8-9,16-17,27H,6-7,10-13H2,(H,25,26,30). The monoisotopic (exact) mass is 465 g/mol. The van der Waals surface area contributed by atoms with Gasteiger partial charge in [-0.1, -0.05) is 6.07 Å². The van der Waals surface area contributed by atoms with Crippen molar-refractivity contribution in [3.8, 4) is 6.07 Å². The van der Waals surface area contributed by atoms with Crippen molar-refractivity contribution in [2.45, 2.75) is 36.6 Å². The van der Waals surface area contributed by atoms with Crippen LogP contribution in [0.4, 0.5) is 11.8 Å². The van der Waals surface area contributed by atoms with Gasteiger partial charge in [-0.3, -0.25) is 10.1 Å². The highest BCUT2D eigenvalue weighted by molar-refractivity contribution is 7.89. The molecule has 0 bridgehead atoms. The predicted octanol–water partition coefficient (Wildman–Crippen LogP) is 1.90. The van der Waals surface area contributed by atoms with Gasteiger partial charge in [0.2, 0.25) is 21.9 Å². The number of amides is 1. The van der Waals surface area contributed by atoms with Gasteiger partial charge in [0.25, 0.3) is 0 Å². The number of piperidine rings is 1. The van der Waals surface area contributed by atoms with Crippen LogP contribution in [0, 0.1) is 17.2 Å². The molecule has 2 aromatic heterocycles. The third-order valence-electron chi connectivity index (χ3n) is 5.96. The van der Waals surface area contributed by atoms with Crippen molar-refractivity contribution < 1.29 is 13.2 Å². The minimum absolute atomic E-state index is 0.0391. The molecule has 33 heavy (non-hydrogen) atoms. The lowest BCUT2D eigenvalue weighted by Crippen LogP contribution is -2.45. The molecule has 170 valence electrons. The van der Waals surface area contributed by atoms with Gasteiger partial charge in [0.05, 0.1) is 16.5 Å². The van der Waals surface area contributed by atoms with E-state index in [0.717, 1.165) is 18.7 Å². The Bertz CT molecular complexity index is 1330. The summed E-state index contributed by atoms with van der Waals surface area (Å²) in [5, 5.41) is 16.1. The van der Waals surface area contributed by atoms with Crippen molar-refractivity contribution in [2.24, 2.45) is 5.92 Å². The van der Waals surface area contributed by atoms with Gasteiger partial charge in [-0.25, -0.2) is 13.1 Å². The third kappa shape index (κ3) is 4.53. The Morgan fingerprint density at radius 2 is 1.79 bits per heavy atom. The van der Waals surface area contributed by atoms with E-state index in [4.69, 9.17) is 5.26 Å². The third-order valence-corrected chi connectivity index (χ3v) is 7.49. The first-order valence-electron chi connectivity index (χ1n) is 10.9. The summed E-state index contributed by atoms with van der Waals surface area (Å²) in [4.78, 5) is 18.7. The molecule has 1 aliphatic carbocycles. The molecule has 1 aromatic carbocycles. The summed E-state index contributed by atoms with van der Waals surface area (Å²) in [7, 11) is -3.66. The molecule has 0 atom stereocenters. The predicted molar refractivity (Wildman–Crippen MR) is 121 cm³/mol. The van der Waals surface area contributed by atoms with Crippen LogP contribution in [0.15, 0.2) is 47.4 Å². The molecule has 0 spiro atoms. The van der Waals surface area contributed by atoms with Crippen LogP contribution in [0.5, 0.6) is 0 Å².